The van der Waals surface area contributed by atoms with Crippen LogP contribution in [0, 0.1) is 0 Å². The molecule has 3 rings (SSSR count). The topological polar surface area (TPSA) is 38.3 Å². The summed E-state index contributed by atoms with van der Waals surface area (Å²) in [7, 11) is 0. The maximum absolute atomic E-state index is 12.1. The number of benzene rings is 3. The molecule has 1 N–H and O–H groups in total. The first-order valence-corrected chi connectivity index (χ1v) is 7.49. The molecule has 0 heterocycles. The Labute approximate surface area is 139 Å². The van der Waals surface area contributed by atoms with E-state index >= 15 is 0 Å². The standard InChI is InChI=1S/C19H14ClNO2/c20-15-9-6-10-16(13-15)21-19(22)23-18-12-5-4-11-17(18)14-7-2-1-3-8-14/h1-13H,(H,21,22). The maximum Gasteiger partial charge on any atom is 0.417 e. The number of hydrogen-bond acceptors (Lipinski definition) is 2. The van der Waals surface area contributed by atoms with E-state index < -0.39 is 6.09 Å². The summed E-state index contributed by atoms with van der Waals surface area (Å²) >= 11 is 5.90. The molecule has 3 aromatic carbocycles. The van der Waals surface area contributed by atoms with Crippen LogP contribution < -0.4 is 10.1 Å². The van der Waals surface area contributed by atoms with Gasteiger partial charge in [-0.15, -0.1) is 0 Å². The predicted octanol–water partition coefficient (Wildman–Crippen LogP) is 5.62. The molecule has 3 nitrogen and oxygen atoms in total. The Hall–Kier alpha value is -2.78. The van der Waals surface area contributed by atoms with Gasteiger partial charge in [0.2, 0.25) is 0 Å². The quantitative estimate of drug-likeness (QED) is 0.679. The number of carbonyl (C=O) groups excluding carboxylic acids is 1. The van der Waals surface area contributed by atoms with Crippen molar-refractivity contribution in [3.8, 4) is 16.9 Å². The number of anilines is 1. The summed E-state index contributed by atoms with van der Waals surface area (Å²) in [5.41, 5.74) is 2.42. The molecule has 114 valence electrons. The molecule has 0 aliphatic rings. The molecule has 0 aliphatic carbocycles. The molecule has 0 saturated heterocycles. The lowest BCUT2D eigenvalue weighted by molar-refractivity contribution is 0.215. The number of rotatable bonds is 3. The largest absolute Gasteiger partial charge is 0.417 e. The van der Waals surface area contributed by atoms with Crippen molar-refractivity contribution >= 4 is 23.4 Å². The zero-order valence-corrected chi connectivity index (χ0v) is 13.0. The molecule has 0 aliphatic heterocycles. The van der Waals surface area contributed by atoms with Gasteiger partial charge >= 0.3 is 6.09 Å². The number of carbonyl (C=O) groups is 1. The minimum absolute atomic E-state index is 0.498. The highest BCUT2D eigenvalue weighted by Crippen LogP contribution is 2.29. The second-order valence-electron chi connectivity index (χ2n) is 4.89. The molecule has 0 aromatic heterocycles. The highest BCUT2D eigenvalue weighted by atomic mass is 35.5. The Balaban J connectivity index is 1.79. The zero-order valence-electron chi connectivity index (χ0n) is 12.2. The van der Waals surface area contributed by atoms with Gasteiger partial charge in [0.25, 0.3) is 0 Å². The SMILES string of the molecule is O=C(Nc1cccc(Cl)c1)Oc1ccccc1-c1ccccc1. The van der Waals surface area contributed by atoms with Crippen LogP contribution in [0.4, 0.5) is 10.5 Å². The van der Waals surface area contributed by atoms with Gasteiger partial charge < -0.3 is 4.74 Å². The monoisotopic (exact) mass is 323 g/mol. The molecule has 23 heavy (non-hydrogen) atoms. The summed E-state index contributed by atoms with van der Waals surface area (Å²) in [6.07, 6.45) is -0.560. The van der Waals surface area contributed by atoms with E-state index in [9.17, 15) is 4.79 Å². The Kier molecular flexibility index (Phi) is 4.60. The van der Waals surface area contributed by atoms with Crippen LogP contribution in [0.25, 0.3) is 11.1 Å². The van der Waals surface area contributed by atoms with E-state index in [1.54, 1.807) is 30.3 Å². The second-order valence-corrected chi connectivity index (χ2v) is 5.32. The first kappa shape index (κ1) is 15.1. The van der Waals surface area contributed by atoms with E-state index in [0.29, 0.717) is 16.5 Å². The van der Waals surface area contributed by atoms with Gasteiger partial charge in [-0.25, -0.2) is 4.79 Å². The average molecular weight is 324 g/mol. The minimum Gasteiger partial charge on any atom is -0.409 e. The van der Waals surface area contributed by atoms with Crippen molar-refractivity contribution < 1.29 is 9.53 Å². The van der Waals surface area contributed by atoms with E-state index in [1.165, 1.54) is 0 Å². The Morgan fingerprint density at radius 2 is 1.61 bits per heavy atom. The Morgan fingerprint density at radius 1 is 0.870 bits per heavy atom. The highest BCUT2D eigenvalue weighted by Gasteiger charge is 2.10. The van der Waals surface area contributed by atoms with Crippen LogP contribution in [0.2, 0.25) is 5.02 Å². The molecule has 0 atom stereocenters. The smallest absolute Gasteiger partial charge is 0.409 e. The summed E-state index contributed by atoms with van der Waals surface area (Å²) in [5.74, 6) is 0.498. The zero-order chi connectivity index (χ0) is 16.1. The molecular weight excluding hydrogens is 310 g/mol. The molecular formula is C19H14ClNO2. The van der Waals surface area contributed by atoms with Gasteiger partial charge in [0.15, 0.2) is 0 Å². The van der Waals surface area contributed by atoms with Gasteiger partial charge in [-0.05, 0) is 29.8 Å². The summed E-state index contributed by atoms with van der Waals surface area (Å²) < 4.78 is 5.45. The van der Waals surface area contributed by atoms with E-state index in [-0.39, 0.29) is 0 Å². The third kappa shape index (κ3) is 3.90. The van der Waals surface area contributed by atoms with Crippen molar-refractivity contribution in [1.82, 2.24) is 0 Å². The van der Waals surface area contributed by atoms with Crippen molar-refractivity contribution in [3.63, 3.8) is 0 Å². The third-order valence-electron chi connectivity index (χ3n) is 3.25. The Bertz CT molecular complexity index is 818. The van der Waals surface area contributed by atoms with Crippen molar-refractivity contribution in [2.75, 3.05) is 5.32 Å². The highest BCUT2D eigenvalue weighted by molar-refractivity contribution is 6.30. The first-order chi connectivity index (χ1) is 11.2. The van der Waals surface area contributed by atoms with Crippen LogP contribution >= 0.6 is 11.6 Å². The van der Waals surface area contributed by atoms with Gasteiger partial charge in [-0.2, -0.15) is 0 Å². The number of amides is 1. The summed E-state index contributed by atoms with van der Waals surface area (Å²) in [4.78, 5) is 12.1. The van der Waals surface area contributed by atoms with Crippen molar-refractivity contribution in [3.05, 3.63) is 83.9 Å². The fraction of sp³-hybridized carbons (Fsp3) is 0. The van der Waals surface area contributed by atoms with Gasteiger partial charge in [0, 0.05) is 16.3 Å². The van der Waals surface area contributed by atoms with Crippen molar-refractivity contribution in [1.29, 1.82) is 0 Å². The van der Waals surface area contributed by atoms with Crippen LogP contribution in [-0.2, 0) is 0 Å². The lowest BCUT2D eigenvalue weighted by atomic mass is 10.1. The van der Waals surface area contributed by atoms with Crippen LogP contribution in [0.1, 0.15) is 0 Å². The molecule has 0 spiro atoms. The van der Waals surface area contributed by atoms with Gasteiger partial charge in [-0.1, -0.05) is 66.2 Å². The molecule has 0 unspecified atom stereocenters. The molecule has 3 aromatic rings. The van der Waals surface area contributed by atoms with E-state index in [1.807, 2.05) is 48.5 Å². The molecule has 0 bridgehead atoms. The summed E-state index contributed by atoms with van der Waals surface area (Å²) in [6.45, 7) is 0. The van der Waals surface area contributed by atoms with E-state index in [4.69, 9.17) is 16.3 Å². The summed E-state index contributed by atoms with van der Waals surface area (Å²) in [6, 6.07) is 24.1. The fourth-order valence-corrected chi connectivity index (χ4v) is 2.41. The molecule has 0 saturated carbocycles. The number of halogens is 1. The van der Waals surface area contributed by atoms with Gasteiger partial charge in [-0.3, -0.25) is 5.32 Å². The number of ether oxygens (including phenoxy) is 1. The lowest BCUT2D eigenvalue weighted by Gasteiger charge is -2.11. The van der Waals surface area contributed by atoms with Gasteiger partial charge in [0.05, 0.1) is 0 Å². The average Bonchev–Trinajstić information content (AvgIpc) is 2.56. The molecule has 4 heteroatoms. The van der Waals surface area contributed by atoms with Crippen LogP contribution in [0.3, 0.4) is 0 Å². The first-order valence-electron chi connectivity index (χ1n) is 7.11. The van der Waals surface area contributed by atoms with Gasteiger partial charge in [0.1, 0.15) is 5.75 Å². The van der Waals surface area contributed by atoms with Crippen molar-refractivity contribution in [2.45, 2.75) is 0 Å². The summed E-state index contributed by atoms with van der Waals surface area (Å²) in [5, 5.41) is 3.21. The molecule has 0 radical (unpaired) electrons. The van der Waals surface area contributed by atoms with Crippen LogP contribution in [0.15, 0.2) is 78.9 Å². The molecule has 1 amide bonds. The van der Waals surface area contributed by atoms with E-state index in [2.05, 4.69) is 5.32 Å². The van der Waals surface area contributed by atoms with Crippen LogP contribution in [0.5, 0.6) is 5.75 Å². The second kappa shape index (κ2) is 6.99. The van der Waals surface area contributed by atoms with Crippen molar-refractivity contribution in [2.24, 2.45) is 0 Å². The molecule has 0 fully saturated rings. The fourth-order valence-electron chi connectivity index (χ4n) is 2.22. The predicted molar refractivity (Wildman–Crippen MR) is 93.0 cm³/mol. The maximum atomic E-state index is 12.1. The number of nitrogens with one attached hydrogen (secondary N) is 1. The third-order valence-corrected chi connectivity index (χ3v) is 3.48. The number of hydrogen-bond donors (Lipinski definition) is 1. The van der Waals surface area contributed by atoms with E-state index in [0.717, 1.165) is 11.1 Å². The Morgan fingerprint density at radius 3 is 2.39 bits per heavy atom. The minimum atomic E-state index is -0.560. The normalized spacial score (nSPS) is 10.1. The van der Waals surface area contributed by atoms with Crippen LogP contribution in [-0.4, -0.2) is 6.09 Å². The number of para-hydroxylation sites is 1. The lowest BCUT2D eigenvalue weighted by Crippen LogP contribution is -2.17.